The Morgan fingerprint density at radius 3 is 2.73 bits per heavy atom. The first kappa shape index (κ1) is 14.3. The van der Waals surface area contributed by atoms with Crippen molar-refractivity contribution in [1.82, 2.24) is 4.98 Å². The van der Waals surface area contributed by atoms with Crippen molar-refractivity contribution in [3.63, 3.8) is 0 Å². The molecule has 0 atom stereocenters. The summed E-state index contributed by atoms with van der Waals surface area (Å²) in [6, 6.07) is 1.89. The van der Waals surface area contributed by atoms with E-state index in [-0.39, 0.29) is 12.4 Å². The molecule has 0 saturated heterocycles. The van der Waals surface area contributed by atoms with Crippen LogP contribution >= 0.6 is 24.0 Å². The third-order valence-electron chi connectivity index (χ3n) is 1.98. The van der Waals surface area contributed by atoms with Gasteiger partial charge in [0, 0.05) is 37.6 Å². The highest BCUT2D eigenvalue weighted by molar-refractivity contribution is 6.17. The fourth-order valence-corrected chi connectivity index (χ4v) is 1.29. The van der Waals surface area contributed by atoms with Gasteiger partial charge in [0.15, 0.2) is 5.82 Å². The van der Waals surface area contributed by atoms with Gasteiger partial charge in [-0.25, -0.2) is 10.0 Å². The Hall–Kier alpha value is -0.710. The van der Waals surface area contributed by atoms with E-state index < -0.39 is 0 Å². The molecule has 0 saturated carbocycles. The molecule has 0 aliphatic rings. The second kappa shape index (κ2) is 6.71. The van der Waals surface area contributed by atoms with Gasteiger partial charge in [-0.1, -0.05) is 0 Å². The summed E-state index contributed by atoms with van der Waals surface area (Å²) in [6.07, 6.45) is 1.74. The number of alkyl halides is 1. The van der Waals surface area contributed by atoms with Gasteiger partial charge in [-0.3, -0.25) is 4.84 Å². The smallest absolute Gasteiger partial charge is 0.154 e. The highest BCUT2D eigenvalue weighted by atomic mass is 35.5. The zero-order valence-corrected chi connectivity index (χ0v) is 10.5. The van der Waals surface area contributed by atoms with E-state index in [1.807, 2.05) is 13.1 Å². The van der Waals surface area contributed by atoms with Gasteiger partial charge >= 0.3 is 0 Å². The minimum absolute atomic E-state index is 0. The van der Waals surface area contributed by atoms with Gasteiger partial charge in [0.05, 0.1) is 13.0 Å². The molecule has 0 fully saturated rings. The first-order valence-corrected chi connectivity index (χ1v) is 4.76. The van der Waals surface area contributed by atoms with Gasteiger partial charge in [-0.15, -0.1) is 24.0 Å². The number of hydrogen-bond donors (Lipinski definition) is 1. The van der Waals surface area contributed by atoms with Crippen molar-refractivity contribution >= 4 is 35.5 Å². The number of pyridine rings is 1. The van der Waals surface area contributed by atoms with Crippen molar-refractivity contribution in [3.05, 3.63) is 17.8 Å². The molecular formula is C9H15Cl2N3O. The van der Waals surface area contributed by atoms with Crippen LogP contribution in [0.2, 0.25) is 0 Å². The normalized spacial score (nSPS) is 9.33. The summed E-state index contributed by atoms with van der Waals surface area (Å²) >= 11 is 5.75. The molecule has 4 nitrogen and oxygen atoms in total. The summed E-state index contributed by atoms with van der Waals surface area (Å²) in [5, 5.41) is 4.64. The predicted octanol–water partition coefficient (Wildman–Crippen LogP) is 2.28. The summed E-state index contributed by atoms with van der Waals surface area (Å²) in [5.74, 6) is 1.19. The molecule has 1 rings (SSSR count). The minimum atomic E-state index is 0. The lowest BCUT2D eigenvalue weighted by Gasteiger charge is -2.16. The lowest BCUT2D eigenvalue weighted by atomic mass is 10.2. The predicted molar refractivity (Wildman–Crippen MR) is 66.0 cm³/mol. The van der Waals surface area contributed by atoms with Crippen LogP contribution in [0.5, 0.6) is 0 Å². The molecule has 0 amide bonds. The molecule has 0 aromatic carbocycles. The molecule has 0 unspecified atom stereocenters. The van der Waals surface area contributed by atoms with Gasteiger partial charge in [-0.05, 0) is 0 Å². The molecule has 1 aromatic rings. The molecule has 1 aromatic heterocycles. The summed E-state index contributed by atoms with van der Waals surface area (Å²) in [5.41, 5.74) is 1.94. The number of aromatic nitrogens is 1. The van der Waals surface area contributed by atoms with Crippen LogP contribution < -0.4 is 10.4 Å². The third-order valence-corrected chi connectivity index (χ3v) is 2.27. The first-order valence-electron chi connectivity index (χ1n) is 4.23. The fourth-order valence-electron chi connectivity index (χ4n) is 1.08. The molecule has 1 heterocycles. The molecular weight excluding hydrogens is 237 g/mol. The Kier molecular flexibility index (Phi) is 6.40. The van der Waals surface area contributed by atoms with Gasteiger partial charge < -0.3 is 5.32 Å². The fraction of sp³-hybridized carbons (Fsp3) is 0.444. The van der Waals surface area contributed by atoms with Crippen LogP contribution in [0, 0.1) is 0 Å². The zero-order chi connectivity index (χ0) is 10.6. The Labute approximate surface area is 101 Å². The number of nitrogens with zero attached hydrogens (tertiary/aromatic N) is 2. The third kappa shape index (κ3) is 3.41. The molecule has 0 radical (unpaired) electrons. The molecule has 1 N–H and O–H groups in total. The van der Waals surface area contributed by atoms with Gasteiger partial charge in [0.2, 0.25) is 0 Å². The molecule has 0 bridgehead atoms. The molecule has 0 aliphatic heterocycles. The lowest BCUT2D eigenvalue weighted by molar-refractivity contribution is 0.182. The van der Waals surface area contributed by atoms with Crippen LogP contribution in [0.15, 0.2) is 12.3 Å². The van der Waals surface area contributed by atoms with Crippen molar-refractivity contribution < 1.29 is 4.84 Å². The number of anilines is 2. The van der Waals surface area contributed by atoms with E-state index in [0.29, 0.717) is 5.88 Å². The average Bonchev–Trinajstić information content (AvgIpc) is 2.26. The van der Waals surface area contributed by atoms with Gasteiger partial charge in [-0.2, -0.15) is 0 Å². The van der Waals surface area contributed by atoms with Crippen LogP contribution in [0.3, 0.4) is 0 Å². The highest BCUT2D eigenvalue weighted by Gasteiger charge is 2.05. The first-order chi connectivity index (χ1) is 6.72. The van der Waals surface area contributed by atoms with E-state index in [1.165, 1.54) is 0 Å². The van der Waals surface area contributed by atoms with E-state index in [4.69, 9.17) is 16.4 Å². The van der Waals surface area contributed by atoms with Crippen molar-refractivity contribution in [1.29, 1.82) is 0 Å². The largest absolute Gasteiger partial charge is 0.388 e. The van der Waals surface area contributed by atoms with Crippen LogP contribution in [0.4, 0.5) is 11.5 Å². The van der Waals surface area contributed by atoms with Crippen molar-refractivity contribution in [2.24, 2.45) is 0 Å². The number of halogens is 2. The SMILES string of the molecule is CNc1cc(N(C)OC)ncc1CCl.Cl. The van der Waals surface area contributed by atoms with E-state index in [0.717, 1.165) is 17.1 Å². The van der Waals surface area contributed by atoms with Crippen LogP contribution in [0.25, 0.3) is 0 Å². The monoisotopic (exact) mass is 251 g/mol. The maximum atomic E-state index is 5.75. The summed E-state index contributed by atoms with van der Waals surface area (Å²) in [7, 11) is 5.24. The van der Waals surface area contributed by atoms with Crippen molar-refractivity contribution in [2.45, 2.75) is 5.88 Å². The molecule has 0 aliphatic carbocycles. The summed E-state index contributed by atoms with van der Waals surface area (Å²) in [4.78, 5) is 9.22. The molecule has 0 spiro atoms. The van der Waals surface area contributed by atoms with Crippen LogP contribution in [-0.4, -0.2) is 26.2 Å². The Morgan fingerprint density at radius 1 is 1.60 bits per heavy atom. The molecule has 86 valence electrons. The highest BCUT2D eigenvalue weighted by Crippen LogP contribution is 2.21. The number of nitrogens with one attached hydrogen (secondary N) is 1. The van der Waals surface area contributed by atoms with E-state index >= 15 is 0 Å². The summed E-state index contributed by atoms with van der Waals surface area (Å²) < 4.78 is 0. The van der Waals surface area contributed by atoms with Gasteiger partial charge in [0.1, 0.15) is 0 Å². The Balaban J connectivity index is 0.00000196. The zero-order valence-electron chi connectivity index (χ0n) is 8.95. The topological polar surface area (TPSA) is 37.4 Å². The Morgan fingerprint density at radius 2 is 2.27 bits per heavy atom. The molecule has 15 heavy (non-hydrogen) atoms. The standard InChI is InChI=1S/C9H14ClN3O.ClH/c1-11-8-4-9(13(2)14-3)12-6-7(8)5-10;/h4,6H,5H2,1-3H3,(H,11,12);1H. The maximum absolute atomic E-state index is 5.75. The number of rotatable bonds is 4. The molecule has 6 heteroatoms. The van der Waals surface area contributed by atoms with Crippen LogP contribution in [-0.2, 0) is 10.7 Å². The van der Waals surface area contributed by atoms with Crippen molar-refractivity contribution in [3.8, 4) is 0 Å². The maximum Gasteiger partial charge on any atom is 0.154 e. The van der Waals surface area contributed by atoms with E-state index in [1.54, 1.807) is 25.4 Å². The lowest BCUT2D eigenvalue weighted by Crippen LogP contribution is -2.16. The van der Waals surface area contributed by atoms with E-state index in [9.17, 15) is 0 Å². The van der Waals surface area contributed by atoms with E-state index in [2.05, 4.69) is 10.3 Å². The quantitative estimate of drug-likeness (QED) is 0.659. The number of hydrogen-bond acceptors (Lipinski definition) is 4. The average molecular weight is 252 g/mol. The second-order valence-electron chi connectivity index (χ2n) is 2.76. The minimum Gasteiger partial charge on any atom is -0.388 e. The Bertz CT molecular complexity index is 309. The van der Waals surface area contributed by atoms with Crippen molar-refractivity contribution in [2.75, 3.05) is 31.6 Å². The number of hydroxylamine groups is 1. The van der Waals surface area contributed by atoms with Crippen LogP contribution in [0.1, 0.15) is 5.56 Å². The van der Waals surface area contributed by atoms with Gasteiger partial charge in [0.25, 0.3) is 0 Å². The summed E-state index contributed by atoms with van der Waals surface area (Å²) in [6.45, 7) is 0. The second-order valence-corrected chi connectivity index (χ2v) is 3.03.